The lowest BCUT2D eigenvalue weighted by Gasteiger charge is -2.25. The number of nitrogens with one attached hydrogen (secondary N) is 1. The third-order valence-corrected chi connectivity index (χ3v) is 4.79. The van der Waals surface area contributed by atoms with Crippen molar-refractivity contribution in [1.29, 1.82) is 0 Å². The molecule has 31 heavy (non-hydrogen) atoms. The standard InChI is InChI=1S/C23H38N4O3.HI/c1-6-24-21(25-13-15-26(5)22(28)30-23(2,3)4)27-14-12-20(16-27)18-29-17-19-10-8-7-9-11-19;/h7-11,20H,6,12-18H2,1-5H3,(H,24,25);1H. The molecule has 0 radical (unpaired) electrons. The number of benzene rings is 1. The minimum atomic E-state index is -0.489. The second-order valence-electron chi connectivity index (χ2n) is 8.74. The van der Waals surface area contributed by atoms with Crippen LogP contribution < -0.4 is 5.32 Å². The topological polar surface area (TPSA) is 66.4 Å². The molecule has 0 aromatic heterocycles. The molecule has 0 saturated carbocycles. The van der Waals surface area contributed by atoms with Crippen LogP contribution in [0.2, 0.25) is 0 Å². The summed E-state index contributed by atoms with van der Waals surface area (Å²) in [6, 6.07) is 10.3. The van der Waals surface area contributed by atoms with Gasteiger partial charge in [0.15, 0.2) is 5.96 Å². The van der Waals surface area contributed by atoms with Gasteiger partial charge in [-0.05, 0) is 39.7 Å². The molecule has 1 heterocycles. The highest BCUT2D eigenvalue weighted by Gasteiger charge is 2.25. The first-order valence-corrected chi connectivity index (χ1v) is 10.9. The fourth-order valence-electron chi connectivity index (χ4n) is 3.24. The average molecular weight is 546 g/mol. The van der Waals surface area contributed by atoms with Crippen LogP contribution in [-0.2, 0) is 16.1 Å². The van der Waals surface area contributed by atoms with Crippen LogP contribution in [0, 0.1) is 5.92 Å². The number of ether oxygens (including phenoxy) is 2. The summed E-state index contributed by atoms with van der Waals surface area (Å²) in [4.78, 5) is 20.7. The fraction of sp³-hybridized carbons (Fsp3) is 0.652. The lowest BCUT2D eigenvalue weighted by Crippen LogP contribution is -2.41. The number of nitrogens with zero attached hydrogens (tertiary/aromatic N) is 3. The first-order chi connectivity index (χ1) is 14.3. The van der Waals surface area contributed by atoms with Crippen molar-refractivity contribution in [1.82, 2.24) is 15.1 Å². The molecule has 1 aliphatic heterocycles. The van der Waals surface area contributed by atoms with E-state index < -0.39 is 5.60 Å². The fourth-order valence-corrected chi connectivity index (χ4v) is 3.24. The van der Waals surface area contributed by atoms with Gasteiger partial charge in [-0.2, -0.15) is 0 Å². The number of hydrogen-bond donors (Lipinski definition) is 1. The second-order valence-corrected chi connectivity index (χ2v) is 8.74. The second kappa shape index (κ2) is 13.8. The smallest absolute Gasteiger partial charge is 0.410 e. The molecule has 0 spiro atoms. The largest absolute Gasteiger partial charge is 0.444 e. The Morgan fingerprint density at radius 3 is 2.65 bits per heavy atom. The molecule has 1 saturated heterocycles. The maximum absolute atomic E-state index is 12.1. The summed E-state index contributed by atoms with van der Waals surface area (Å²) >= 11 is 0. The average Bonchev–Trinajstić information content (AvgIpc) is 3.15. The van der Waals surface area contributed by atoms with E-state index in [-0.39, 0.29) is 30.1 Å². The lowest BCUT2D eigenvalue weighted by atomic mass is 10.1. The molecule has 176 valence electrons. The highest BCUT2D eigenvalue weighted by molar-refractivity contribution is 14.0. The van der Waals surface area contributed by atoms with Crippen molar-refractivity contribution in [2.75, 3.05) is 46.4 Å². The number of carbonyl (C=O) groups is 1. The van der Waals surface area contributed by atoms with Crippen LogP contribution in [0.15, 0.2) is 35.3 Å². The normalized spacial score (nSPS) is 16.6. The molecule has 1 aromatic carbocycles. The van der Waals surface area contributed by atoms with Gasteiger partial charge >= 0.3 is 6.09 Å². The SMILES string of the molecule is CCNC(=NCCN(C)C(=O)OC(C)(C)C)N1CCC(COCc2ccccc2)C1.I. The molecule has 2 rings (SSSR count). The van der Waals surface area contributed by atoms with Crippen molar-refractivity contribution in [2.45, 2.75) is 46.3 Å². The number of rotatable bonds is 8. The van der Waals surface area contributed by atoms with E-state index in [4.69, 9.17) is 14.5 Å². The Hall–Kier alpha value is -1.55. The molecule has 1 aliphatic rings. The van der Waals surface area contributed by atoms with E-state index in [2.05, 4.69) is 29.3 Å². The monoisotopic (exact) mass is 546 g/mol. The Morgan fingerprint density at radius 1 is 1.29 bits per heavy atom. The first-order valence-electron chi connectivity index (χ1n) is 10.9. The van der Waals surface area contributed by atoms with E-state index in [0.29, 0.717) is 25.6 Å². The molecule has 1 aromatic rings. The molecule has 0 bridgehead atoms. The van der Waals surface area contributed by atoms with Gasteiger partial charge in [0.2, 0.25) is 0 Å². The number of carbonyl (C=O) groups excluding carboxylic acids is 1. The predicted octanol–water partition coefficient (Wildman–Crippen LogP) is 3.98. The number of halogens is 1. The van der Waals surface area contributed by atoms with Crippen molar-refractivity contribution in [3.8, 4) is 0 Å². The van der Waals surface area contributed by atoms with Crippen LogP contribution in [0.5, 0.6) is 0 Å². The highest BCUT2D eigenvalue weighted by atomic mass is 127. The van der Waals surface area contributed by atoms with Crippen LogP contribution in [0.4, 0.5) is 4.79 Å². The minimum absolute atomic E-state index is 0. The molecule has 8 heteroatoms. The number of amides is 1. The summed E-state index contributed by atoms with van der Waals surface area (Å²) < 4.78 is 11.3. The number of likely N-dealkylation sites (N-methyl/N-ethyl adjacent to an activating group) is 1. The summed E-state index contributed by atoms with van der Waals surface area (Å²) in [6.07, 6.45) is 0.774. The summed E-state index contributed by atoms with van der Waals surface area (Å²) in [6.45, 7) is 12.8. The Labute approximate surface area is 204 Å². The van der Waals surface area contributed by atoms with Gasteiger partial charge in [0.05, 0.1) is 19.8 Å². The summed E-state index contributed by atoms with van der Waals surface area (Å²) in [5, 5.41) is 3.37. The Balaban J connectivity index is 0.00000480. The van der Waals surface area contributed by atoms with E-state index >= 15 is 0 Å². The van der Waals surface area contributed by atoms with Crippen molar-refractivity contribution in [3.05, 3.63) is 35.9 Å². The molecule has 1 N–H and O–H groups in total. The quantitative estimate of drug-likeness (QED) is 0.304. The number of guanidine groups is 1. The Morgan fingerprint density at radius 2 is 2.00 bits per heavy atom. The van der Waals surface area contributed by atoms with E-state index in [9.17, 15) is 4.79 Å². The highest BCUT2D eigenvalue weighted by Crippen LogP contribution is 2.17. The lowest BCUT2D eigenvalue weighted by molar-refractivity contribution is 0.0304. The van der Waals surface area contributed by atoms with Gasteiger partial charge in [0.1, 0.15) is 5.60 Å². The number of aliphatic imine (C=N–C) groups is 1. The van der Waals surface area contributed by atoms with Gasteiger partial charge < -0.3 is 24.6 Å². The van der Waals surface area contributed by atoms with Crippen LogP contribution in [-0.4, -0.2) is 73.8 Å². The maximum Gasteiger partial charge on any atom is 0.410 e. The van der Waals surface area contributed by atoms with E-state index in [1.54, 1.807) is 11.9 Å². The van der Waals surface area contributed by atoms with E-state index in [1.165, 1.54) is 5.56 Å². The number of hydrogen-bond acceptors (Lipinski definition) is 4. The van der Waals surface area contributed by atoms with E-state index in [0.717, 1.165) is 38.6 Å². The number of likely N-dealkylation sites (tertiary alicyclic amines) is 1. The summed E-state index contributed by atoms with van der Waals surface area (Å²) in [5.74, 6) is 1.41. The predicted molar refractivity (Wildman–Crippen MR) is 136 cm³/mol. The maximum atomic E-state index is 12.1. The molecule has 7 nitrogen and oxygen atoms in total. The zero-order valence-electron chi connectivity index (χ0n) is 19.6. The molecular formula is C23H39IN4O3. The van der Waals surface area contributed by atoms with E-state index in [1.807, 2.05) is 39.0 Å². The van der Waals surface area contributed by atoms with Gasteiger partial charge in [-0.1, -0.05) is 30.3 Å². The molecular weight excluding hydrogens is 507 g/mol. The Kier molecular flexibility index (Phi) is 12.2. The van der Waals surface area contributed by atoms with Gasteiger partial charge in [0.25, 0.3) is 0 Å². The van der Waals surface area contributed by atoms with Crippen molar-refractivity contribution < 1.29 is 14.3 Å². The van der Waals surface area contributed by atoms with Crippen LogP contribution in [0.25, 0.3) is 0 Å². The zero-order valence-corrected chi connectivity index (χ0v) is 21.9. The van der Waals surface area contributed by atoms with Gasteiger partial charge in [-0.25, -0.2) is 4.79 Å². The molecule has 1 atom stereocenters. The molecule has 0 aliphatic carbocycles. The molecule has 1 amide bonds. The van der Waals surface area contributed by atoms with Crippen molar-refractivity contribution in [2.24, 2.45) is 10.9 Å². The third-order valence-electron chi connectivity index (χ3n) is 4.79. The summed E-state index contributed by atoms with van der Waals surface area (Å²) in [7, 11) is 1.74. The van der Waals surface area contributed by atoms with Crippen molar-refractivity contribution >= 4 is 36.0 Å². The van der Waals surface area contributed by atoms with Crippen molar-refractivity contribution in [3.63, 3.8) is 0 Å². The molecule has 1 fully saturated rings. The van der Waals surface area contributed by atoms with Crippen LogP contribution in [0.3, 0.4) is 0 Å². The van der Waals surface area contributed by atoms with Gasteiger partial charge in [0, 0.05) is 39.1 Å². The first kappa shape index (κ1) is 27.5. The van der Waals surface area contributed by atoms with Crippen LogP contribution in [0.1, 0.15) is 39.7 Å². The van der Waals surface area contributed by atoms with Gasteiger partial charge in [-0.15, -0.1) is 24.0 Å². The zero-order chi connectivity index (χ0) is 22.0. The van der Waals surface area contributed by atoms with Crippen LogP contribution >= 0.6 is 24.0 Å². The third kappa shape index (κ3) is 10.5. The van der Waals surface area contributed by atoms with Gasteiger partial charge in [-0.3, -0.25) is 4.99 Å². The molecule has 1 unspecified atom stereocenters. The minimum Gasteiger partial charge on any atom is -0.444 e. The summed E-state index contributed by atoms with van der Waals surface area (Å²) in [5.41, 5.74) is 0.716. The Bertz CT molecular complexity index is 679.